The number of aromatic nitrogens is 1. The Morgan fingerprint density at radius 3 is 2.75 bits per heavy atom. The number of nitriles is 1. The molecule has 20 heavy (non-hydrogen) atoms. The van der Waals surface area contributed by atoms with E-state index in [0.29, 0.717) is 31.5 Å². The van der Waals surface area contributed by atoms with Crippen LogP contribution in [0.3, 0.4) is 0 Å². The Morgan fingerprint density at radius 1 is 1.40 bits per heavy atom. The number of rotatable bonds is 4. The van der Waals surface area contributed by atoms with E-state index in [-0.39, 0.29) is 22.9 Å². The second-order valence-electron chi connectivity index (χ2n) is 4.97. The lowest BCUT2D eigenvalue weighted by Crippen LogP contribution is -2.28. The van der Waals surface area contributed by atoms with Gasteiger partial charge in [-0.25, -0.2) is 0 Å². The zero-order chi connectivity index (χ0) is 14.7. The molecule has 2 heterocycles. The van der Waals surface area contributed by atoms with Gasteiger partial charge in [-0.3, -0.25) is 14.2 Å². The van der Waals surface area contributed by atoms with Crippen LogP contribution in [0.2, 0.25) is 0 Å². The first kappa shape index (κ1) is 14.1. The summed E-state index contributed by atoms with van der Waals surface area (Å²) in [5.74, 6) is -0.145. The molecule has 6 nitrogen and oxygen atoms in total. The van der Waals surface area contributed by atoms with E-state index in [9.17, 15) is 14.7 Å². The molecule has 1 N–H and O–H groups in total. The van der Waals surface area contributed by atoms with Crippen molar-refractivity contribution in [3.8, 4) is 11.9 Å². The van der Waals surface area contributed by atoms with E-state index in [2.05, 4.69) is 0 Å². The predicted octanol–water partition coefficient (Wildman–Crippen LogP) is 0.746. The number of likely N-dealkylation sites (tertiary alicyclic amines) is 1. The average Bonchev–Trinajstić information content (AvgIpc) is 2.79. The molecule has 0 saturated carbocycles. The van der Waals surface area contributed by atoms with Gasteiger partial charge in [-0.15, -0.1) is 0 Å². The highest BCUT2D eigenvalue weighted by Crippen LogP contribution is 2.18. The fourth-order valence-corrected chi connectivity index (χ4v) is 2.47. The molecule has 0 spiro atoms. The van der Waals surface area contributed by atoms with Crippen molar-refractivity contribution in [3.05, 3.63) is 27.5 Å². The van der Waals surface area contributed by atoms with E-state index in [1.807, 2.05) is 6.07 Å². The summed E-state index contributed by atoms with van der Waals surface area (Å²) in [5, 5.41) is 18.9. The third-order valence-corrected chi connectivity index (χ3v) is 3.57. The van der Waals surface area contributed by atoms with E-state index in [0.717, 1.165) is 13.0 Å². The molecule has 0 atom stereocenters. The number of amides is 1. The fraction of sp³-hybridized carbons (Fsp3) is 0.500. The Hall–Kier alpha value is -2.29. The Morgan fingerprint density at radius 2 is 2.15 bits per heavy atom. The Bertz CT molecular complexity index is 628. The molecule has 0 radical (unpaired) electrons. The molecule has 0 aromatic carbocycles. The molecule has 6 heteroatoms. The molecule has 1 aliphatic rings. The second kappa shape index (κ2) is 5.78. The molecule has 1 fully saturated rings. The summed E-state index contributed by atoms with van der Waals surface area (Å²) in [5.41, 5.74) is 0.273. The Balaban J connectivity index is 2.08. The molecule has 1 aromatic heterocycles. The largest absolute Gasteiger partial charge is 0.493 e. The van der Waals surface area contributed by atoms with Crippen molar-refractivity contribution >= 4 is 5.91 Å². The standard InChI is InChI=1S/C14H17N3O3/c1-10-8-13(19)17(14(20)11(10)9-15)7-3-6-16-5-2-4-12(16)18/h8,20H,2-7H2,1H3. The molecule has 0 bridgehead atoms. The van der Waals surface area contributed by atoms with Crippen molar-refractivity contribution in [1.29, 1.82) is 5.26 Å². The quantitative estimate of drug-likeness (QED) is 0.878. The van der Waals surface area contributed by atoms with Gasteiger partial charge in [0, 0.05) is 32.1 Å². The van der Waals surface area contributed by atoms with Crippen LogP contribution in [0.25, 0.3) is 0 Å². The van der Waals surface area contributed by atoms with Crippen LogP contribution < -0.4 is 5.56 Å². The van der Waals surface area contributed by atoms with Gasteiger partial charge in [-0.05, 0) is 25.3 Å². The third-order valence-electron chi connectivity index (χ3n) is 3.57. The highest BCUT2D eigenvalue weighted by Gasteiger charge is 2.19. The second-order valence-corrected chi connectivity index (χ2v) is 4.97. The number of carbonyl (C=O) groups excluding carboxylic acids is 1. The number of hydrogen-bond acceptors (Lipinski definition) is 4. The lowest BCUT2D eigenvalue weighted by atomic mass is 10.1. The minimum atomic E-state index is -0.327. The van der Waals surface area contributed by atoms with Gasteiger partial charge in [-0.1, -0.05) is 0 Å². The van der Waals surface area contributed by atoms with E-state index < -0.39 is 0 Å². The zero-order valence-corrected chi connectivity index (χ0v) is 11.4. The van der Waals surface area contributed by atoms with Crippen molar-refractivity contribution in [2.45, 2.75) is 32.7 Å². The van der Waals surface area contributed by atoms with Gasteiger partial charge in [0.25, 0.3) is 5.56 Å². The number of aromatic hydroxyl groups is 1. The molecule has 0 unspecified atom stereocenters. The zero-order valence-electron chi connectivity index (χ0n) is 11.4. The molecule has 1 amide bonds. The topological polar surface area (TPSA) is 86.3 Å². The van der Waals surface area contributed by atoms with Gasteiger partial charge < -0.3 is 10.0 Å². The molecular formula is C14H17N3O3. The highest BCUT2D eigenvalue weighted by molar-refractivity contribution is 5.77. The molecule has 0 aliphatic carbocycles. The maximum absolute atomic E-state index is 11.8. The van der Waals surface area contributed by atoms with Crippen LogP contribution in [0.5, 0.6) is 5.88 Å². The maximum Gasteiger partial charge on any atom is 0.253 e. The van der Waals surface area contributed by atoms with Gasteiger partial charge in [-0.2, -0.15) is 5.26 Å². The number of carbonyl (C=O) groups is 1. The van der Waals surface area contributed by atoms with Crippen LogP contribution in [0.1, 0.15) is 30.4 Å². The Kier molecular flexibility index (Phi) is 4.08. The lowest BCUT2D eigenvalue weighted by molar-refractivity contribution is -0.127. The van der Waals surface area contributed by atoms with Gasteiger partial charge >= 0.3 is 0 Å². The molecule has 1 aliphatic heterocycles. The summed E-state index contributed by atoms with van der Waals surface area (Å²) in [6, 6.07) is 3.24. The summed E-state index contributed by atoms with van der Waals surface area (Å²) in [7, 11) is 0. The van der Waals surface area contributed by atoms with Crippen molar-refractivity contribution in [3.63, 3.8) is 0 Å². The maximum atomic E-state index is 11.8. The van der Waals surface area contributed by atoms with Gasteiger partial charge in [0.2, 0.25) is 11.8 Å². The molecule has 1 saturated heterocycles. The van der Waals surface area contributed by atoms with Crippen molar-refractivity contribution in [1.82, 2.24) is 9.47 Å². The Labute approximate surface area is 116 Å². The lowest BCUT2D eigenvalue weighted by Gasteiger charge is -2.16. The van der Waals surface area contributed by atoms with Crippen molar-refractivity contribution in [2.24, 2.45) is 0 Å². The average molecular weight is 275 g/mol. The van der Waals surface area contributed by atoms with Crippen LogP contribution in [-0.2, 0) is 11.3 Å². The van der Waals surface area contributed by atoms with Gasteiger partial charge in [0.15, 0.2) is 0 Å². The number of pyridine rings is 1. The van der Waals surface area contributed by atoms with E-state index >= 15 is 0 Å². The summed E-state index contributed by atoms with van der Waals surface area (Å²) in [6.07, 6.45) is 2.05. The number of aryl methyl sites for hydroxylation is 1. The summed E-state index contributed by atoms with van der Waals surface area (Å²) < 4.78 is 1.19. The van der Waals surface area contributed by atoms with Crippen LogP contribution in [0.15, 0.2) is 10.9 Å². The summed E-state index contributed by atoms with van der Waals surface area (Å²) >= 11 is 0. The summed E-state index contributed by atoms with van der Waals surface area (Å²) in [6.45, 7) is 3.24. The smallest absolute Gasteiger partial charge is 0.253 e. The minimum absolute atomic E-state index is 0.127. The first-order valence-corrected chi connectivity index (χ1v) is 6.66. The molecule has 106 valence electrons. The molecular weight excluding hydrogens is 258 g/mol. The van der Waals surface area contributed by atoms with Crippen LogP contribution in [-0.4, -0.2) is 33.6 Å². The van der Waals surface area contributed by atoms with Gasteiger partial charge in [0.1, 0.15) is 11.6 Å². The van der Waals surface area contributed by atoms with E-state index in [4.69, 9.17) is 5.26 Å². The van der Waals surface area contributed by atoms with E-state index in [1.165, 1.54) is 10.6 Å². The van der Waals surface area contributed by atoms with Crippen LogP contribution in [0, 0.1) is 18.3 Å². The molecule has 1 aromatic rings. The SMILES string of the molecule is Cc1cc(=O)n(CCCN2CCCC2=O)c(O)c1C#N. The highest BCUT2D eigenvalue weighted by atomic mass is 16.3. The number of nitrogens with zero attached hydrogens (tertiary/aromatic N) is 3. The van der Waals surface area contributed by atoms with Crippen LogP contribution in [0.4, 0.5) is 0 Å². The monoisotopic (exact) mass is 275 g/mol. The third kappa shape index (κ3) is 2.67. The normalized spacial score (nSPS) is 14.6. The van der Waals surface area contributed by atoms with Crippen molar-refractivity contribution in [2.75, 3.05) is 13.1 Å². The van der Waals surface area contributed by atoms with Gasteiger partial charge in [0.05, 0.1) is 0 Å². The first-order valence-electron chi connectivity index (χ1n) is 6.66. The molecule has 2 rings (SSSR count). The number of hydrogen-bond donors (Lipinski definition) is 1. The van der Waals surface area contributed by atoms with Crippen molar-refractivity contribution < 1.29 is 9.90 Å². The van der Waals surface area contributed by atoms with E-state index in [1.54, 1.807) is 11.8 Å². The predicted molar refractivity (Wildman–Crippen MR) is 72.2 cm³/mol. The first-order chi connectivity index (χ1) is 9.54. The minimum Gasteiger partial charge on any atom is -0.493 e. The summed E-state index contributed by atoms with van der Waals surface area (Å²) in [4.78, 5) is 25.1. The fourth-order valence-electron chi connectivity index (χ4n) is 2.47. The van der Waals surface area contributed by atoms with Crippen LogP contribution >= 0.6 is 0 Å².